The normalized spacial score (nSPS) is 12.0. The molecule has 0 unspecified atom stereocenters. The van der Waals surface area contributed by atoms with E-state index in [0.717, 1.165) is 0 Å². The predicted molar refractivity (Wildman–Crippen MR) is 110 cm³/mol. The molecule has 150 valence electrons. The number of fused-ring (bicyclic) bond motifs is 1. The zero-order valence-electron chi connectivity index (χ0n) is 16.6. The number of hydrogen-bond acceptors (Lipinski definition) is 5. The Hall–Kier alpha value is -3.48. The van der Waals surface area contributed by atoms with Crippen molar-refractivity contribution in [3.05, 3.63) is 70.8 Å². The molecule has 0 saturated heterocycles. The van der Waals surface area contributed by atoms with Crippen molar-refractivity contribution in [1.82, 2.24) is 14.9 Å². The van der Waals surface area contributed by atoms with E-state index in [1.807, 2.05) is 19.9 Å². The average molecular weight is 393 g/mol. The number of carbonyl (C=O) groups is 2. The number of rotatable bonds is 6. The Morgan fingerprint density at radius 2 is 1.79 bits per heavy atom. The molecular formula is C22H23N3O4. The quantitative estimate of drug-likeness (QED) is 0.651. The van der Waals surface area contributed by atoms with Gasteiger partial charge in [0.05, 0.1) is 23.7 Å². The lowest BCUT2D eigenvalue weighted by Gasteiger charge is -2.18. The third kappa shape index (κ3) is 4.51. The maximum absolute atomic E-state index is 12.7. The van der Waals surface area contributed by atoms with Crippen LogP contribution in [-0.4, -0.2) is 34.6 Å². The molecule has 3 aromatic rings. The minimum Gasteiger partial charge on any atom is -0.467 e. The summed E-state index contributed by atoms with van der Waals surface area (Å²) in [6, 6.07) is 13.0. The highest BCUT2D eigenvalue weighted by Crippen LogP contribution is 2.12. The number of carbonyl (C=O) groups excluding carboxylic acids is 2. The minimum atomic E-state index is -0.709. The molecule has 7 nitrogen and oxygen atoms in total. The monoisotopic (exact) mass is 393 g/mol. The highest BCUT2D eigenvalue weighted by molar-refractivity contribution is 5.96. The fraction of sp³-hybridized carbons (Fsp3) is 0.273. The van der Waals surface area contributed by atoms with E-state index in [2.05, 4.69) is 10.3 Å². The molecule has 1 heterocycles. The Morgan fingerprint density at radius 3 is 2.45 bits per heavy atom. The number of nitrogens with zero attached hydrogens (tertiary/aromatic N) is 2. The summed E-state index contributed by atoms with van der Waals surface area (Å²) >= 11 is 0. The summed E-state index contributed by atoms with van der Waals surface area (Å²) in [6.07, 6.45) is 1.95. The highest BCUT2D eigenvalue weighted by atomic mass is 16.5. The number of amides is 1. The van der Waals surface area contributed by atoms with Crippen LogP contribution in [0.25, 0.3) is 16.6 Å². The molecule has 3 rings (SSSR count). The third-order valence-corrected chi connectivity index (χ3v) is 4.57. The smallest absolute Gasteiger partial charge is 0.328 e. The standard InChI is InChI=1S/C22H23N3O4/c1-14(2)12-19(22(28)29-3)24-20(26)15-8-10-16(11-9-15)25-13-23-18-7-5-4-6-17(18)21(25)27/h4-11,13-14,19H,12H2,1-3H3,(H,24,26)/t19-/m1/s1. The summed E-state index contributed by atoms with van der Waals surface area (Å²) < 4.78 is 6.21. The molecule has 0 aliphatic rings. The number of nitrogens with one attached hydrogen (secondary N) is 1. The van der Waals surface area contributed by atoms with Crippen molar-refractivity contribution in [1.29, 1.82) is 0 Å². The maximum atomic E-state index is 12.7. The second kappa shape index (κ2) is 8.68. The van der Waals surface area contributed by atoms with Gasteiger partial charge in [0.2, 0.25) is 0 Å². The van der Waals surface area contributed by atoms with Crippen LogP contribution in [0.4, 0.5) is 0 Å². The highest BCUT2D eigenvalue weighted by Gasteiger charge is 2.23. The van der Waals surface area contributed by atoms with Crippen LogP contribution in [0.3, 0.4) is 0 Å². The lowest BCUT2D eigenvalue weighted by Crippen LogP contribution is -2.42. The van der Waals surface area contributed by atoms with Crippen LogP contribution in [0.15, 0.2) is 59.7 Å². The first-order valence-corrected chi connectivity index (χ1v) is 9.36. The molecule has 0 saturated carbocycles. The van der Waals surface area contributed by atoms with Crippen LogP contribution in [0.1, 0.15) is 30.6 Å². The summed E-state index contributed by atoms with van der Waals surface area (Å²) in [6.45, 7) is 3.93. The molecule has 1 atom stereocenters. The van der Waals surface area contributed by atoms with Crippen molar-refractivity contribution in [2.45, 2.75) is 26.3 Å². The summed E-state index contributed by atoms with van der Waals surface area (Å²) in [5.74, 6) is -0.636. The molecule has 1 amide bonds. The van der Waals surface area contributed by atoms with Gasteiger partial charge < -0.3 is 10.1 Å². The van der Waals surface area contributed by atoms with Gasteiger partial charge in [-0.2, -0.15) is 0 Å². The molecule has 0 aliphatic heterocycles. The van der Waals surface area contributed by atoms with Crippen molar-refractivity contribution in [2.24, 2.45) is 5.92 Å². The first-order chi connectivity index (χ1) is 13.9. The topological polar surface area (TPSA) is 90.3 Å². The van der Waals surface area contributed by atoms with Gasteiger partial charge in [-0.05, 0) is 48.7 Å². The predicted octanol–water partition coefficient (Wildman–Crippen LogP) is 2.70. The molecule has 7 heteroatoms. The number of methoxy groups -OCH3 is 1. The van der Waals surface area contributed by atoms with Crippen LogP contribution in [0.2, 0.25) is 0 Å². The molecule has 0 aliphatic carbocycles. The largest absolute Gasteiger partial charge is 0.467 e. The zero-order chi connectivity index (χ0) is 21.0. The van der Waals surface area contributed by atoms with E-state index in [4.69, 9.17) is 4.74 Å². The number of aromatic nitrogens is 2. The van der Waals surface area contributed by atoms with Crippen molar-refractivity contribution in [3.8, 4) is 5.69 Å². The van der Waals surface area contributed by atoms with E-state index < -0.39 is 12.0 Å². The van der Waals surface area contributed by atoms with Crippen LogP contribution < -0.4 is 10.9 Å². The van der Waals surface area contributed by atoms with E-state index >= 15 is 0 Å². The second-order valence-electron chi connectivity index (χ2n) is 7.16. The van der Waals surface area contributed by atoms with E-state index in [1.54, 1.807) is 42.5 Å². The van der Waals surface area contributed by atoms with Crippen molar-refractivity contribution >= 4 is 22.8 Å². The van der Waals surface area contributed by atoms with Crippen molar-refractivity contribution < 1.29 is 14.3 Å². The van der Waals surface area contributed by atoms with Gasteiger partial charge >= 0.3 is 5.97 Å². The number of benzene rings is 2. The Bertz CT molecular complexity index is 1090. The number of ether oxygens (including phenoxy) is 1. The van der Waals surface area contributed by atoms with E-state index in [9.17, 15) is 14.4 Å². The second-order valence-corrected chi connectivity index (χ2v) is 7.16. The fourth-order valence-electron chi connectivity index (χ4n) is 3.10. The van der Waals surface area contributed by atoms with Crippen LogP contribution in [0.5, 0.6) is 0 Å². The van der Waals surface area contributed by atoms with Gasteiger partial charge in [0.1, 0.15) is 12.4 Å². The average Bonchev–Trinajstić information content (AvgIpc) is 2.73. The van der Waals surface area contributed by atoms with Gasteiger partial charge in [0.15, 0.2) is 0 Å². The SMILES string of the molecule is COC(=O)[C@@H](CC(C)C)NC(=O)c1ccc(-n2cnc3ccccc3c2=O)cc1. The molecule has 2 aromatic carbocycles. The third-order valence-electron chi connectivity index (χ3n) is 4.57. The first-order valence-electron chi connectivity index (χ1n) is 9.36. The molecule has 0 fully saturated rings. The van der Waals surface area contributed by atoms with E-state index in [1.165, 1.54) is 18.0 Å². The van der Waals surface area contributed by atoms with Gasteiger partial charge in [-0.15, -0.1) is 0 Å². The van der Waals surface area contributed by atoms with Gasteiger partial charge in [-0.25, -0.2) is 9.78 Å². The lowest BCUT2D eigenvalue weighted by atomic mass is 10.0. The number of hydrogen-bond donors (Lipinski definition) is 1. The molecular weight excluding hydrogens is 370 g/mol. The van der Waals surface area contributed by atoms with Gasteiger partial charge in [0.25, 0.3) is 11.5 Å². The molecule has 1 N–H and O–H groups in total. The number of esters is 1. The van der Waals surface area contributed by atoms with Crippen LogP contribution in [-0.2, 0) is 9.53 Å². The summed E-state index contributed by atoms with van der Waals surface area (Å²) in [5.41, 5.74) is 1.42. The number of para-hydroxylation sites is 1. The summed E-state index contributed by atoms with van der Waals surface area (Å²) in [4.78, 5) is 41.5. The van der Waals surface area contributed by atoms with Crippen molar-refractivity contribution in [2.75, 3.05) is 7.11 Å². The Labute approximate surface area is 168 Å². The minimum absolute atomic E-state index is 0.185. The molecule has 0 radical (unpaired) electrons. The Balaban J connectivity index is 1.83. The molecule has 1 aromatic heterocycles. The summed E-state index contributed by atoms with van der Waals surface area (Å²) in [5, 5.41) is 3.24. The zero-order valence-corrected chi connectivity index (χ0v) is 16.6. The van der Waals surface area contributed by atoms with Crippen LogP contribution >= 0.6 is 0 Å². The van der Waals surface area contributed by atoms with E-state index in [0.29, 0.717) is 28.6 Å². The molecule has 29 heavy (non-hydrogen) atoms. The van der Waals surface area contributed by atoms with Gasteiger partial charge in [-0.1, -0.05) is 26.0 Å². The van der Waals surface area contributed by atoms with Crippen LogP contribution in [0, 0.1) is 5.92 Å². The van der Waals surface area contributed by atoms with Gasteiger partial charge in [-0.3, -0.25) is 14.2 Å². The molecule has 0 spiro atoms. The Morgan fingerprint density at radius 1 is 1.10 bits per heavy atom. The maximum Gasteiger partial charge on any atom is 0.328 e. The lowest BCUT2D eigenvalue weighted by molar-refractivity contribution is -0.143. The molecule has 0 bridgehead atoms. The van der Waals surface area contributed by atoms with E-state index in [-0.39, 0.29) is 17.4 Å². The van der Waals surface area contributed by atoms with Gasteiger partial charge in [0, 0.05) is 5.56 Å². The summed E-state index contributed by atoms with van der Waals surface area (Å²) in [7, 11) is 1.30. The Kier molecular flexibility index (Phi) is 6.07. The van der Waals surface area contributed by atoms with Crippen molar-refractivity contribution in [3.63, 3.8) is 0 Å². The first kappa shape index (κ1) is 20.3. The fourth-order valence-corrected chi connectivity index (χ4v) is 3.10.